The molecule has 1 atom stereocenters. The van der Waals surface area contributed by atoms with Gasteiger partial charge in [0.25, 0.3) is 0 Å². The minimum atomic E-state index is -0.200. The van der Waals surface area contributed by atoms with Crippen molar-refractivity contribution in [3.63, 3.8) is 0 Å². The highest BCUT2D eigenvalue weighted by molar-refractivity contribution is 5.91. The lowest BCUT2D eigenvalue weighted by Crippen LogP contribution is -2.55. The monoisotopic (exact) mass is 295 g/mol. The lowest BCUT2D eigenvalue weighted by Gasteiger charge is -2.45. The van der Waals surface area contributed by atoms with Gasteiger partial charge in [0.05, 0.1) is 11.1 Å². The summed E-state index contributed by atoms with van der Waals surface area (Å²) >= 11 is 0. The van der Waals surface area contributed by atoms with Gasteiger partial charge in [-0.15, -0.1) is 0 Å². The first-order chi connectivity index (χ1) is 10.1. The maximum Gasteiger partial charge on any atom is 0.156 e. The molecule has 0 amide bonds. The Kier molecular flexibility index (Phi) is 4.40. The van der Waals surface area contributed by atoms with E-state index in [-0.39, 0.29) is 17.1 Å². The van der Waals surface area contributed by atoms with Crippen LogP contribution in [0.1, 0.15) is 51.4 Å². The number of nitrogens with zero attached hydrogens (tertiary/aromatic N) is 1. The van der Waals surface area contributed by atoms with Crippen LogP contribution in [0, 0.1) is 5.92 Å². The van der Waals surface area contributed by atoms with E-state index < -0.39 is 0 Å². The Morgan fingerprint density at radius 3 is 2.33 bits per heavy atom. The zero-order chi connectivity index (χ0) is 14.9. The van der Waals surface area contributed by atoms with Crippen molar-refractivity contribution in [2.75, 3.05) is 33.9 Å². The topological polar surface area (TPSA) is 38.8 Å². The quantitative estimate of drug-likeness (QED) is 0.801. The Morgan fingerprint density at radius 2 is 1.71 bits per heavy atom. The van der Waals surface area contributed by atoms with Gasteiger partial charge in [-0.25, -0.2) is 0 Å². The molecule has 1 saturated carbocycles. The molecule has 1 unspecified atom stereocenters. The molecule has 1 aliphatic carbocycles. The Hall–Kier alpha value is -0.450. The number of carbonyl (C=O) groups excluding carboxylic acids is 1. The minimum absolute atomic E-state index is 0.0804. The second-order valence-corrected chi connectivity index (χ2v) is 7.33. The van der Waals surface area contributed by atoms with Crippen molar-refractivity contribution in [2.45, 2.75) is 62.5 Å². The molecule has 0 aromatic rings. The fourth-order valence-electron chi connectivity index (χ4n) is 4.60. The van der Waals surface area contributed by atoms with E-state index in [2.05, 4.69) is 19.0 Å². The normalized spacial score (nSPS) is 31.7. The third kappa shape index (κ3) is 2.78. The summed E-state index contributed by atoms with van der Waals surface area (Å²) < 4.78 is 11.6. The van der Waals surface area contributed by atoms with Crippen LogP contribution in [0.4, 0.5) is 0 Å². The van der Waals surface area contributed by atoms with E-state index in [9.17, 15) is 4.79 Å². The Labute approximate surface area is 128 Å². The number of hydrogen-bond donors (Lipinski definition) is 0. The highest BCUT2D eigenvalue weighted by atomic mass is 16.5. The number of ether oxygens (including phenoxy) is 2. The fourth-order valence-corrected chi connectivity index (χ4v) is 4.60. The molecule has 3 fully saturated rings. The lowest BCUT2D eigenvalue weighted by atomic mass is 9.73. The summed E-state index contributed by atoms with van der Waals surface area (Å²) in [5.41, 5.74) is -0.280. The molecule has 4 nitrogen and oxygen atoms in total. The summed E-state index contributed by atoms with van der Waals surface area (Å²) in [4.78, 5) is 15.5. The average molecular weight is 295 g/mol. The van der Waals surface area contributed by atoms with Gasteiger partial charge in [-0.2, -0.15) is 0 Å². The molecule has 0 bridgehead atoms. The SMILES string of the molecule is CN(C)C1(C(=O)C2CCOC3(CCOCC3)C2)CCCC1. The van der Waals surface area contributed by atoms with Crippen LogP contribution in [-0.4, -0.2) is 55.7 Å². The van der Waals surface area contributed by atoms with Gasteiger partial charge in [-0.1, -0.05) is 12.8 Å². The van der Waals surface area contributed by atoms with Crippen LogP contribution >= 0.6 is 0 Å². The highest BCUT2D eigenvalue weighted by Crippen LogP contribution is 2.43. The largest absolute Gasteiger partial charge is 0.381 e. The second kappa shape index (κ2) is 5.98. The highest BCUT2D eigenvalue weighted by Gasteiger charge is 2.49. The summed E-state index contributed by atoms with van der Waals surface area (Å²) in [6.07, 6.45) is 8.15. The van der Waals surface area contributed by atoms with E-state index in [1.54, 1.807) is 0 Å². The molecule has 0 aromatic heterocycles. The Morgan fingerprint density at radius 1 is 1.05 bits per heavy atom. The smallest absolute Gasteiger partial charge is 0.156 e. The number of carbonyl (C=O) groups is 1. The van der Waals surface area contributed by atoms with Crippen LogP contribution in [0.5, 0.6) is 0 Å². The zero-order valence-electron chi connectivity index (χ0n) is 13.5. The minimum Gasteiger partial charge on any atom is -0.381 e. The van der Waals surface area contributed by atoms with Gasteiger partial charge in [0.2, 0.25) is 0 Å². The Bertz CT molecular complexity index is 376. The summed E-state index contributed by atoms with van der Waals surface area (Å²) in [6, 6.07) is 0. The lowest BCUT2D eigenvalue weighted by molar-refractivity contribution is -0.162. The van der Waals surface area contributed by atoms with E-state index in [1.165, 1.54) is 12.8 Å². The van der Waals surface area contributed by atoms with Crippen LogP contribution in [0.2, 0.25) is 0 Å². The number of ketones is 1. The van der Waals surface area contributed by atoms with Crippen LogP contribution < -0.4 is 0 Å². The summed E-state index contributed by atoms with van der Waals surface area (Å²) in [7, 11) is 4.15. The predicted molar refractivity (Wildman–Crippen MR) is 81.4 cm³/mol. The van der Waals surface area contributed by atoms with Crippen molar-refractivity contribution in [1.29, 1.82) is 0 Å². The first-order valence-electron chi connectivity index (χ1n) is 8.52. The van der Waals surface area contributed by atoms with Gasteiger partial charge < -0.3 is 9.47 Å². The van der Waals surface area contributed by atoms with Crippen molar-refractivity contribution in [3.05, 3.63) is 0 Å². The molecule has 2 heterocycles. The number of likely N-dealkylation sites (N-methyl/N-ethyl adjacent to an activating group) is 1. The maximum absolute atomic E-state index is 13.3. The summed E-state index contributed by atoms with van der Waals surface area (Å²) in [6.45, 7) is 2.29. The average Bonchev–Trinajstić information content (AvgIpc) is 2.98. The molecule has 0 radical (unpaired) electrons. The van der Waals surface area contributed by atoms with Crippen molar-refractivity contribution in [1.82, 2.24) is 4.90 Å². The van der Waals surface area contributed by atoms with Crippen LogP contribution in [0.3, 0.4) is 0 Å². The predicted octanol–water partition coefficient (Wildman–Crippen LogP) is 2.41. The molecule has 120 valence electrons. The van der Waals surface area contributed by atoms with Gasteiger partial charge in [0.1, 0.15) is 0 Å². The van der Waals surface area contributed by atoms with Gasteiger partial charge in [0, 0.05) is 25.7 Å². The van der Waals surface area contributed by atoms with Crippen molar-refractivity contribution >= 4 is 5.78 Å². The van der Waals surface area contributed by atoms with Gasteiger partial charge in [-0.05, 0) is 52.6 Å². The third-order valence-corrected chi connectivity index (χ3v) is 6.01. The van der Waals surface area contributed by atoms with E-state index >= 15 is 0 Å². The molecule has 21 heavy (non-hydrogen) atoms. The molecule has 0 aromatic carbocycles. The molecule has 3 aliphatic rings. The molecule has 1 spiro atoms. The maximum atomic E-state index is 13.3. The van der Waals surface area contributed by atoms with E-state index in [1.807, 2.05) is 0 Å². The van der Waals surface area contributed by atoms with Crippen molar-refractivity contribution in [3.8, 4) is 0 Å². The number of hydrogen-bond acceptors (Lipinski definition) is 4. The molecule has 2 saturated heterocycles. The van der Waals surface area contributed by atoms with E-state index in [4.69, 9.17) is 9.47 Å². The third-order valence-electron chi connectivity index (χ3n) is 6.01. The zero-order valence-corrected chi connectivity index (χ0v) is 13.5. The molecule has 3 rings (SSSR count). The van der Waals surface area contributed by atoms with Crippen molar-refractivity contribution in [2.24, 2.45) is 5.92 Å². The summed E-state index contributed by atoms with van der Waals surface area (Å²) in [5, 5.41) is 0. The molecule has 2 aliphatic heterocycles. The Balaban J connectivity index is 1.74. The first-order valence-corrected chi connectivity index (χ1v) is 8.52. The van der Waals surface area contributed by atoms with Gasteiger partial charge >= 0.3 is 0 Å². The number of Topliss-reactive ketones (excluding diaryl/α,β-unsaturated/α-hetero) is 1. The standard InChI is InChI=1S/C17H29NO3/c1-18(2)17(6-3-4-7-17)15(19)14-5-10-21-16(13-14)8-11-20-12-9-16/h14H,3-13H2,1-2H3. The van der Waals surface area contributed by atoms with Crippen LogP contribution in [-0.2, 0) is 14.3 Å². The molecule has 4 heteroatoms. The van der Waals surface area contributed by atoms with Crippen molar-refractivity contribution < 1.29 is 14.3 Å². The fraction of sp³-hybridized carbons (Fsp3) is 0.941. The molecular weight excluding hydrogens is 266 g/mol. The van der Waals surface area contributed by atoms with E-state index in [0.29, 0.717) is 5.78 Å². The second-order valence-electron chi connectivity index (χ2n) is 7.33. The van der Waals surface area contributed by atoms with Gasteiger partial charge in [-0.3, -0.25) is 9.69 Å². The van der Waals surface area contributed by atoms with Crippen LogP contribution in [0.25, 0.3) is 0 Å². The van der Waals surface area contributed by atoms with Crippen LogP contribution in [0.15, 0.2) is 0 Å². The molecule has 0 N–H and O–H groups in total. The van der Waals surface area contributed by atoms with Gasteiger partial charge in [0.15, 0.2) is 5.78 Å². The number of rotatable bonds is 3. The summed E-state index contributed by atoms with van der Waals surface area (Å²) in [5.74, 6) is 0.663. The first kappa shape index (κ1) is 15.4. The van der Waals surface area contributed by atoms with E-state index in [0.717, 1.165) is 58.3 Å². The molecular formula is C17H29NO3.